The van der Waals surface area contributed by atoms with Crippen molar-refractivity contribution < 1.29 is 0 Å². The standard InChI is InChI=1S/C25H20/c1-2-3-5-14-20-21-15-8-10-17-23(21)25(19-12-6-4-7-13-19)24-18-11-9-16-22(20)24/h2-13,15-18H,1,14H2/b5-3+. The molecule has 4 rings (SSSR count). The SMILES string of the molecule is C=C/C=C/Cc1c2ccccc2c(-c2ccccc2)c2ccccc12. The van der Waals surface area contributed by atoms with Crippen molar-refractivity contribution in [3.8, 4) is 11.1 Å². The molecule has 0 aliphatic heterocycles. The van der Waals surface area contributed by atoms with E-state index in [-0.39, 0.29) is 0 Å². The monoisotopic (exact) mass is 320 g/mol. The summed E-state index contributed by atoms with van der Waals surface area (Å²) in [6, 6.07) is 28.2. The molecule has 0 radical (unpaired) electrons. The second kappa shape index (κ2) is 6.78. The summed E-state index contributed by atoms with van der Waals surface area (Å²) < 4.78 is 0. The Hall–Kier alpha value is -3.12. The Labute approximate surface area is 148 Å². The van der Waals surface area contributed by atoms with Crippen LogP contribution in [-0.4, -0.2) is 0 Å². The van der Waals surface area contributed by atoms with Gasteiger partial charge in [-0.25, -0.2) is 0 Å². The molecule has 0 saturated carbocycles. The molecular formula is C25H20. The molecule has 0 fully saturated rings. The summed E-state index contributed by atoms with van der Waals surface area (Å²) in [7, 11) is 0. The van der Waals surface area contributed by atoms with Gasteiger partial charge in [-0.15, -0.1) is 0 Å². The van der Waals surface area contributed by atoms with Gasteiger partial charge in [0.05, 0.1) is 0 Å². The zero-order valence-corrected chi connectivity index (χ0v) is 14.2. The third-order valence-corrected chi connectivity index (χ3v) is 4.70. The lowest BCUT2D eigenvalue weighted by molar-refractivity contribution is 1.33. The molecule has 4 aromatic rings. The Balaban J connectivity index is 2.13. The molecule has 0 aromatic heterocycles. The fourth-order valence-corrected chi connectivity index (χ4v) is 3.64. The van der Waals surface area contributed by atoms with Crippen molar-refractivity contribution in [1.29, 1.82) is 0 Å². The van der Waals surface area contributed by atoms with Crippen LogP contribution in [0.25, 0.3) is 32.7 Å². The largest absolute Gasteiger partial charge is 0.0991 e. The van der Waals surface area contributed by atoms with Crippen LogP contribution in [-0.2, 0) is 6.42 Å². The number of fused-ring (bicyclic) bond motifs is 2. The van der Waals surface area contributed by atoms with E-state index < -0.39 is 0 Å². The molecule has 0 unspecified atom stereocenters. The number of allylic oxidation sites excluding steroid dienone is 3. The van der Waals surface area contributed by atoms with Crippen LogP contribution in [0, 0.1) is 0 Å². The molecule has 25 heavy (non-hydrogen) atoms. The number of hydrogen-bond donors (Lipinski definition) is 0. The van der Waals surface area contributed by atoms with Gasteiger partial charge in [0.1, 0.15) is 0 Å². The summed E-state index contributed by atoms with van der Waals surface area (Å²) in [5, 5.41) is 5.28. The molecule has 0 N–H and O–H groups in total. The summed E-state index contributed by atoms with van der Waals surface area (Å²) in [5.74, 6) is 0. The van der Waals surface area contributed by atoms with Gasteiger partial charge in [0, 0.05) is 0 Å². The lowest BCUT2D eigenvalue weighted by Crippen LogP contribution is -1.92. The van der Waals surface area contributed by atoms with Gasteiger partial charge in [0.15, 0.2) is 0 Å². The van der Waals surface area contributed by atoms with Crippen LogP contribution in [0.1, 0.15) is 5.56 Å². The predicted octanol–water partition coefficient (Wildman–Crippen LogP) is 6.94. The normalized spacial score (nSPS) is 11.4. The van der Waals surface area contributed by atoms with E-state index in [9.17, 15) is 0 Å². The Morgan fingerprint density at radius 1 is 0.640 bits per heavy atom. The van der Waals surface area contributed by atoms with Crippen molar-refractivity contribution in [1.82, 2.24) is 0 Å². The van der Waals surface area contributed by atoms with Gasteiger partial charge >= 0.3 is 0 Å². The third-order valence-electron chi connectivity index (χ3n) is 4.70. The van der Waals surface area contributed by atoms with Crippen LogP contribution >= 0.6 is 0 Å². The highest BCUT2D eigenvalue weighted by molar-refractivity contribution is 6.15. The zero-order valence-electron chi connectivity index (χ0n) is 14.2. The first kappa shape index (κ1) is 15.4. The first-order valence-corrected chi connectivity index (χ1v) is 8.65. The maximum Gasteiger partial charge on any atom is -0.00266 e. The predicted molar refractivity (Wildman–Crippen MR) is 110 cm³/mol. The summed E-state index contributed by atoms with van der Waals surface area (Å²) in [6.07, 6.45) is 6.95. The lowest BCUT2D eigenvalue weighted by Gasteiger charge is -2.16. The second-order valence-corrected chi connectivity index (χ2v) is 6.18. The topological polar surface area (TPSA) is 0 Å². The molecule has 0 aliphatic rings. The molecule has 4 aromatic carbocycles. The maximum absolute atomic E-state index is 3.78. The molecular weight excluding hydrogens is 300 g/mol. The number of benzene rings is 4. The van der Waals surface area contributed by atoms with Crippen molar-refractivity contribution in [3.63, 3.8) is 0 Å². The van der Waals surface area contributed by atoms with E-state index in [0.717, 1.165) is 6.42 Å². The summed E-state index contributed by atoms with van der Waals surface area (Å²) in [4.78, 5) is 0. The van der Waals surface area contributed by atoms with E-state index >= 15 is 0 Å². The highest BCUT2D eigenvalue weighted by atomic mass is 14.2. The van der Waals surface area contributed by atoms with Crippen LogP contribution in [0.5, 0.6) is 0 Å². The van der Waals surface area contributed by atoms with Crippen molar-refractivity contribution in [2.24, 2.45) is 0 Å². The van der Waals surface area contributed by atoms with E-state index in [2.05, 4.69) is 91.5 Å². The lowest BCUT2D eigenvalue weighted by atomic mass is 9.87. The van der Waals surface area contributed by atoms with Crippen molar-refractivity contribution in [2.45, 2.75) is 6.42 Å². The molecule has 0 nitrogen and oxygen atoms in total. The Morgan fingerprint density at radius 2 is 1.16 bits per heavy atom. The maximum atomic E-state index is 3.78. The van der Waals surface area contributed by atoms with Gasteiger partial charge in [0.2, 0.25) is 0 Å². The van der Waals surface area contributed by atoms with Crippen LogP contribution in [0.4, 0.5) is 0 Å². The van der Waals surface area contributed by atoms with Gasteiger partial charge in [-0.2, -0.15) is 0 Å². The van der Waals surface area contributed by atoms with Gasteiger partial charge in [-0.3, -0.25) is 0 Å². The van der Waals surface area contributed by atoms with E-state index in [1.54, 1.807) is 0 Å². The minimum absolute atomic E-state index is 0.905. The summed E-state index contributed by atoms with van der Waals surface area (Å²) in [6.45, 7) is 3.78. The minimum Gasteiger partial charge on any atom is -0.0991 e. The van der Waals surface area contributed by atoms with Gasteiger partial charge in [0.25, 0.3) is 0 Å². The summed E-state index contributed by atoms with van der Waals surface area (Å²) in [5.41, 5.74) is 3.97. The first-order chi connectivity index (χ1) is 12.4. The number of rotatable bonds is 4. The van der Waals surface area contributed by atoms with E-state index in [1.807, 2.05) is 12.2 Å². The fourth-order valence-electron chi connectivity index (χ4n) is 3.64. The van der Waals surface area contributed by atoms with E-state index in [0.29, 0.717) is 0 Å². The van der Waals surface area contributed by atoms with Crippen LogP contribution in [0.15, 0.2) is 104 Å². The summed E-state index contributed by atoms with van der Waals surface area (Å²) >= 11 is 0. The highest BCUT2D eigenvalue weighted by Gasteiger charge is 2.13. The van der Waals surface area contributed by atoms with Crippen molar-refractivity contribution in [2.75, 3.05) is 0 Å². The quantitative estimate of drug-likeness (QED) is 0.282. The molecule has 0 amide bonds. The van der Waals surface area contributed by atoms with Crippen LogP contribution in [0.3, 0.4) is 0 Å². The molecule has 0 aliphatic carbocycles. The van der Waals surface area contributed by atoms with Gasteiger partial charge in [-0.1, -0.05) is 104 Å². The Morgan fingerprint density at radius 3 is 1.72 bits per heavy atom. The van der Waals surface area contributed by atoms with Gasteiger partial charge < -0.3 is 0 Å². The number of hydrogen-bond acceptors (Lipinski definition) is 0. The molecule has 0 heteroatoms. The zero-order chi connectivity index (χ0) is 17.1. The average Bonchev–Trinajstić information content (AvgIpc) is 2.68. The first-order valence-electron chi connectivity index (χ1n) is 8.65. The van der Waals surface area contributed by atoms with E-state index in [1.165, 1.54) is 38.2 Å². The second-order valence-electron chi connectivity index (χ2n) is 6.18. The minimum atomic E-state index is 0.905. The smallest absolute Gasteiger partial charge is 0.00266 e. The molecule has 0 spiro atoms. The Kier molecular flexibility index (Phi) is 4.18. The third kappa shape index (κ3) is 2.77. The molecule has 0 heterocycles. The van der Waals surface area contributed by atoms with Crippen molar-refractivity contribution >= 4 is 21.5 Å². The van der Waals surface area contributed by atoms with Crippen LogP contribution in [0.2, 0.25) is 0 Å². The fraction of sp³-hybridized carbons (Fsp3) is 0.0400. The molecule has 0 saturated heterocycles. The van der Waals surface area contributed by atoms with Crippen LogP contribution < -0.4 is 0 Å². The molecule has 120 valence electrons. The highest BCUT2D eigenvalue weighted by Crippen LogP contribution is 2.39. The molecule has 0 bridgehead atoms. The van der Waals surface area contributed by atoms with Crippen molar-refractivity contribution in [3.05, 3.63) is 109 Å². The average molecular weight is 320 g/mol. The molecule has 0 atom stereocenters. The van der Waals surface area contributed by atoms with Gasteiger partial charge in [-0.05, 0) is 44.7 Å². The van der Waals surface area contributed by atoms with E-state index in [4.69, 9.17) is 0 Å². The Bertz CT molecular complexity index is 1010.